The number of aryl methyl sites for hydroxylation is 1. The molecule has 0 atom stereocenters. The molecule has 92 valence electrons. The first kappa shape index (κ1) is 11.9. The van der Waals surface area contributed by atoms with Gasteiger partial charge in [-0.15, -0.1) is 0 Å². The fourth-order valence-corrected chi connectivity index (χ4v) is 1.49. The molecule has 0 aliphatic heterocycles. The normalized spacial score (nSPS) is 10.1. The number of nitrogens with one attached hydrogen (secondary N) is 2. The molecule has 2 rings (SSSR count). The van der Waals surface area contributed by atoms with Crippen LogP contribution in [0.15, 0.2) is 41.3 Å². The summed E-state index contributed by atoms with van der Waals surface area (Å²) in [5.41, 5.74) is 1.36. The zero-order valence-electron chi connectivity index (χ0n) is 9.73. The van der Waals surface area contributed by atoms with Gasteiger partial charge in [0.25, 0.3) is 5.91 Å². The summed E-state index contributed by atoms with van der Waals surface area (Å²) >= 11 is 0. The molecule has 0 radical (unpaired) electrons. The smallest absolute Gasteiger partial charge is 0.257 e. The van der Waals surface area contributed by atoms with Crippen molar-refractivity contribution >= 4 is 11.6 Å². The third-order valence-corrected chi connectivity index (χ3v) is 2.50. The zero-order valence-corrected chi connectivity index (χ0v) is 9.73. The molecule has 18 heavy (non-hydrogen) atoms. The summed E-state index contributed by atoms with van der Waals surface area (Å²) in [4.78, 5) is 25.1. The van der Waals surface area contributed by atoms with Crippen LogP contribution in [-0.4, -0.2) is 16.0 Å². The largest absolute Gasteiger partial charge is 0.508 e. The van der Waals surface area contributed by atoms with Crippen LogP contribution in [0, 0.1) is 6.92 Å². The van der Waals surface area contributed by atoms with E-state index >= 15 is 0 Å². The quantitative estimate of drug-likeness (QED) is 0.702. The Kier molecular flexibility index (Phi) is 3.14. The van der Waals surface area contributed by atoms with Gasteiger partial charge in [-0.25, -0.2) is 0 Å². The summed E-state index contributed by atoms with van der Waals surface area (Å²) in [6.45, 7) is 1.74. The van der Waals surface area contributed by atoms with Gasteiger partial charge >= 0.3 is 0 Å². The maximum atomic E-state index is 11.8. The number of hydrogen-bond acceptors (Lipinski definition) is 3. The second-order valence-electron chi connectivity index (χ2n) is 3.90. The van der Waals surface area contributed by atoms with E-state index in [1.54, 1.807) is 19.1 Å². The van der Waals surface area contributed by atoms with Gasteiger partial charge in [0.1, 0.15) is 5.75 Å². The number of hydrogen-bond donors (Lipinski definition) is 3. The number of carbonyl (C=O) groups excluding carboxylic acids is 1. The maximum Gasteiger partial charge on any atom is 0.257 e. The molecule has 0 fully saturated rings. The van der Waals surface area contributed by atoms with Crippen molar-refractivity contribution in [3.63, 3.8) is 0 Å². The number of phenols is 1. The first-order valence-electron chi connectivity index (χ1n) is 5.36. The summed E-state index contributed by atoms with van der Waals surface area (Å²) < 4.78 is 0. The van der Waals surface area contributed by atoms with Gasteiger partial charge in [-0.2, -0.15) is 0 Å². The Morgan fingerprint density at radius 1 is 1.28 bits per heavy atom. The fourth-order valence-electron chi connectivity index (χ4n) is 1.49. The third-order valence-electron chi connectivity index (χ3n) is 2.50. The SMILES string of the molecule is Cc1cc(NC(=O)c2ccc(=O)[nH]c2)ccc1O. The lowest BCUT2D eigenvalue weighted by molar-refractivity contribution is 0.102. The molecule has 0 bridgehead atoms. The predicted octanol–water partition coefficient (Wildman–Crippen LogP) is 1.64. The Morgan fingerprint density at radius 3 is 2.67 bits per heavy atom. The van der Waals surface area contributed by atoms with Gasteiger partial charge in [0.2, 0.25) is 5.56 Å². The van der Waals surface area contributed by atoms with E-state index < -0.39 is 0 Å². The Hall–Kier alpha value is -2.56. The first-order chi connectivity index (χ1) is 8.56. The van der Waals surface area contributed by atoms with Crippen molar-refractivity contribution in [2.75, 3.05) is 5.32 Å². The number of aromatic nitrogens is 1. The molecule has 1 aromatic heterocycles. The van der Waals surface area contributed by atoms with Crippen molar-refractivity contribution in [3.05, 3.63) is 58.0 Å². The molecule has 1 amide bonds. The van der Waals surface area contributed by atoms with E-state index in [0.717, 1.165) is 0 Å². The predicted molar refractivity (Wildman–Crippen MR) is 67.9 cm³/mol. The molecule has 5 heteroatoms. The van der Waals surface area contributed by atoms with Crippen molar-refractivity contribution in [2.45, 2.75) is 6.92 Å². The van der Waals surface area contributed by atoms with Crippen LogP contribution >= 0.6 is 0 Å². The highest BCUT2D eigenvalue weighted by molar-refractivity contribution is 6.04. The Labute approximate surface area is 103 Å². The van der Waals surface area contributed by atoms with Crippen molar-refractivity contribution in [1.82, 2.24) is 4.98 Å². The number of rotatable bonds is 2. The van der Waals surface area contributed by atoms with Crippen LogP contribution in [0.4, 0.5) is 5.69 Å². The Morgan fingerprint density at radius 2 is 2.06 bits per heavy atom. The van der Waals surface area contributed by atoms with Crippen molar-refractivity contribution in [1.29, 1.82) is 0 Å². The number of amides is 1. The molecule has 0 aliphatic carbocycles. The third kappa shape index (κ3) is 2.57. The number of aromatic hydroxyl groups is 1. The molecule has 0 saturated heterocycles. The molecule has 1 aromatic carbocycles. The van der Waals surface area contributed by atoms with Gasteiger partial charge in [0.15, 0.2) is 0 Å². The molecule has 0 spiro atoms. The van der Waals surface area contributed by atoms with Crippen LogP contribution in [0.5, 0.6) is 5.75 Å². The number of benzene rings is 1. The van der Waals surface area contributed by atoms with E-state index in [4.69, 9.17) is 0 Å². The van der Waals surface area contributed by atoms with Crippen LogP contribution < -0.4 is 10.9 Å². The molecule has 5 nitrogen and oxygen atoms in total. The number of anilines is 1. The monoisotopic (exact) mass is 244 g/mol. The van der Waals surface area contributed by atoms with Gasteiger partial charge < -0.3 is 15.4 Å². The van der Waals surface area contributed by atoms with Gasteiger partial charge in [-0.3, -0.25) is 9.59 Å². The molecule has 0 unspecified atom stereocenters. The van der Waals surface area contributed by atoms with E-state index in [1.807, 2.05) is 0 Å². The molecule has 0 aliphatic rings. The molecular formula is C13H12N2O3. The minimum Gasteiger partial charge on any atom is -0.508 e. The minimum absolute atomic E-state index is 0.178. The summed E-state index contributed by atoms with van der Waals surface area (Å²) in [5.74, 6) is -0.145. The zero-order chi connectivity index (χ0) is 13.1. The lowest BCUT2D eigenvalue weighted by atomic mass is 10.2. The van der Waals surface area contributed by atoms with Crippen LogP contribution in [0.1, 0.15) is 15.9 Å². The number of aromatic amines is 1. The lowest BCUT2D eigenvalue weighted by Crippen LogP contribution is -2.14. The van der Waals surface area contributed by atoms with Crippen LogP contribution in [0.2, 0.25) is 0 Å². The lowest BCUT2D eigenvalue weighted by Gasteiger charge is -2.06. The van der Waals surface area contributed by atoms with E-state index in [2.05, 4.69) is 10.3 Å². The van der Waals surface area contributed by atoms with E-state index in [0.29, 0.717) is 16.8 Å². The van der Waals surface area contributed by atoms with E-state index in [9.17, 15) is 14.7 Å². The average Bonchev–Trinajstić information content (AvgIpc) is 2.34. The Balaban J connectivity index is 2.18. The van der Waals surface area contributed by atoms with Crippen LogP contribution in [-0.2, 0) is 0 Å². The number of carbonyl (C=O) groups is 1. The van der Waals surface area contributed by atoms with Gasteiger partial charge in [0.05, 0.1) is 5.56 Å². The van der Waals surface area contributed by atoms with Crippen molar-refractivity contribution < 1.29 is 9.90 Å². The second kappa shape index (κ2) is 4.75. The minimum atomic E-state index is -0.323. The molecule has 0 saturated carbocycles. The first-order valence-corrected chi connectivity index (χ1v) is 5.36. The second-order valence-corrected chi connectivity index (χ2v) is 3.90. The fraction of sp³-hybridized carbons (Fsp3) is 0.0769. The number of phenolic OH excluding ortho intramolecular Hbond substituents is 1. The Bertz CT molecular complexity index is 626. The van der Waals surface area contributed by atoms with Crippen LogP contribution in [0.25, 0.3) is 0 Å². The average molecular weight is 244 g/mol. The highest BCUT2D eigenvalue weighted by atomic mass is 16.3. The van der Waals surface area contributed by atoms with Crippen LogP contribution in [0.3, 0.4) is 0 Å². The van der Waals surface area contributed by atoms with E-state index in [1.165, 1.54) is 24.4 Å². The van der Waals surface area contributed by atoms with Gasteiger partial charge in [0, 0.05) is 18.0 Å². The summed E-state index contributed by atoms with van der Waals surface area (Å²) in [7, 11) is 0. The standard InChI is InChI=1S/C13H12N2O3/c1-8-6-10(3-4-11(8)16)15-13(18)9-2-5-12(17)14-7-9/h2-7,16H,1H3,(H,14,17)(H,15,18). The molecular weight excluding hydrogens is 232 g/mol. The number of pyridine rings is 1. The van der Waals surface area contributed by atoms with Gasteiger partial charge in [-0.1, -0.05) is 0 Å². The van der Waals surface area contributed by atoms with Gasteiger partial charge in [-0.05, 0) is 36.8 Å². The summed E-state index contributed by atoms with van der Waals surface area (Å²) in [5, 5.41) is 12.0. The summed E-state index contributed by atoms with van der Waals surface area (Å²) in [6.07, 6.45) is 1.35. The van der Waals surface area contributed by atoms with E-state index in [-0.39, 0.29) is 17.2 Å². The molecule has 2 aromatic rings. The maximum absolute atomic E-state index is 11.8. The topological polar surface area (TPSA) is 82.2 Å². The van der Waals surface area contributed by atoms with Crippen molar-refractivity contribution in [2.24, 2.45) is 0 Å². The highest BCUT2D eigenvalue weighted by Gasteiger charge is 2.06. The number of H-pyrrole nitrogens is 1. The summed E-state index contributed by atoms with van der Waals surface area (Å²) in [6, 6.07) is 7.51. The highest BCUT2D eigenvalue weighted by Crippen LogP contribution is 2.20. The molecule has 3 N–H and O–H groups in total. The molecule has 1 heterocycles. The van der Waals surface area contributed by atoms with Crippen molar-refractivity contribution in [3.8, 4) is 5.75 Å².